The molecule has 0 bridgehead atoms. The highest BCUT2D eigenvalue weighted by atomic mass is 16.5. The Labute approximate surface area is 131 Å². The molecule has 1 saturated carbocycles. The Bertz CT molecular complexity index is 523. The SMILES string of the molecule is COc1ccc(CNC(=O)C2CNC2)cc1OC1CCCC1. The van der Waals surface area contributed by atoms with Gasteiger partial charge in [0, 0.05) is 19.6 Å². The molecule has 1 amide bonds. The van der Waals surface area contributed by atoms with Crippen LogP contribution in [0.4, 0.5) is 0 Å². The van der Waals surface area contributed by atoms with Crippen molar-refractivity contribution in [1.29, 1.82) is 0 Å². The summed E-state index contributed by atoms with van der Waals surface area (Å²) in [6.07, 6.45) is 4.98. The van der Waals surface area contributed by atoms with E-state index in [0.29, 0.717) is 12.6 Å². The predicted octanol–water partition coefficient (Wildman–Crippen LogP) is 1.85. The third kappa shape index (κ3) is 3.53. The Morgan fingerprint density at radius 2 is 2.05 bits per heavy atom. The molecule has 0 aromatic heterocycles. The van der Waals surface area contributed by atoms with Crippen molar-refractivity contribution in [3.05, 3.63) is 23.8 Å². The smallest absolute Gasteiger partial charge is 0.225 e. The molecule has 2 aliphatic rings. The minimum Gasteiger partial charge on any atom is -0.493 e. The van der Waals surface area contributed by atoms with E-state index in [1.807, 2.05) is 18.2 Å². The molecule has 1 heterocycles. The summed E-state index contributed by atoms with van der Waals surface area (Å²) in [6.45, 7) is 2.09. The standard InChI is InChI=1S/C17H24N2O3/c1-21-15-7-6-12(9-19-17(20)13-10-18-11-13)8-16(15)22-14-4-2-3-5-14/h6-8,13-14,18H,2-5,9-11H2,1H3,(H,19,20). The first-order valence-electron chi connectivity index (χ1n) is 8.08. The minimum atomic E-state index is 0.118. The van der Waals surface area contributed by atoms with Gasteiger partial charge in [-0.3, -0.25) is 4.79 Å². The molecule has 1 aromatic carbocycles. The molecule has 1 aliphatic carbocycles. The van der Waals surface area contributed by atoms with Gasteiger partial charge in [0.05, 0.1) is 19.1 Å². The molecule has 1 aromatic rings. The van der Waals surface area contributed by atoms with Crippen LogP contribution in [0, 0.1) is 5.92 Å². The molecule has 3 rings (SSSR count). The molecule has 1 saturated heterocycles. The van der Waals surface area contributed by atoms with Crippen molar-refractivity contribution in [1.82, 2.24) is 10.6 Å². The summed E-state index contributed by atoms with van der Waals surface area (Å²) in [6, 6.07) is 5.87. The van der Waals surface area contributed by atoms with Gasteiger partial charge in [0.15, 0.2) is 11.5 Å². The highest BCUT2D eigenvalue weighted by Crippen LogP contribution is 2.32. The number of methoxy groups -OCH3 is 1. The maximum absolute atomic E-state index is 11.9. The van der Waals surface area contributed by atoms with Crippen LogP contribution in [0.3, 0.4) is 0 Å². The maximum atomic E-state index is 11.9. The van der Waals surface area contributed by atoms with Crippen molar-refractivity contribution in [2.24, 2.45) is 5.92 Å². The summed E-state index contributed by atoms with van der Waals surface area (Å²) >= 11 is 0. The van der Waals surface area contributed by atoms with Gasteiger partial charge in [-0.25, -0.2) is 0 Å². The lowest BCUT2D eigenvalue weighted by molar-refractivity contribution is -0.126. The molecule has 0 atom stereocenters. The first-order chi connectivity index (χ1) is 10.8. The number of amides is 1. The summed E-state index contributed by atoms with van der Waals surface area (Å²) in [4.78, 5) is 11.9. The zero-order valence-electron chi connectivity index (χ0n) is 13.1. The number of ether oxygens (including phenoxy) is 2. The first-order valence-corrected chi connectivity index (χ1v) is 8.08. The molecule has 22 heavy (non-hydrogen) atoms. The second-order valence-electron chi connectivity index (χ2n) is 6.08. The van der Waals surface area contributed by atoms with Gasteiger partial charge in [0.1, 0.15) is 0 Å². The Hall–Kier alpha value is -1.75. The van der Waals surface area contributed by atoms with E-state index in [1.54, 1.807) is 7.11 Å². The van der Waals surface area contributed by atoms with Crippen molar-refractivity contribution < 1.29 is 14.3 Å². The highest BCUT2D eigenvalue weighted by Gasteiger charge is 2.24. The van der Waals surface area contributed by atoms with Crippen molar-refractivity contribution in [2.45, 2.75) is 38.3 Å². The fourth-order valence-electron chi connectivity index (χ4n) is 2.92. The van der Waals surface area contributed by atoms with E-state index in [4.69, 9.17) is 9.47 Å². The average molecular weight is 304 g/mol. The lowest BCUT2D eigenvalue weighted by atomic mass is 10.0. The third-order valence-electron chi connectivity index (χ3n) is 4.44. The summed E-state index contributed by atoms with van der Waals surface area (Å²) in [5, 5.41) is 6.09. The van der Waals surface area contributed by atoms with Gasteiger partial charge in [-0.1, -0.05) is 6.07 Å². The minimum absolute atomic E-state index is 0.118. The van der Waals surface area contributed by atoms with Gasteiger partial charge < -0.3 is 20.1 Å². The van der Waals surface area contributed by atoms with Crippen LogP contribution in [-0.4, -0.2) is 32.2 Å². The number of rotatable bonds is 6. The lowest BCUT2D eigenvalue weighted by Crippen LogP contribution is -2.50. The van der Waals surface area contributed by atoms with Crippen LogP contribution in [0.1, 0.15) is 31.2 Å². The molecule has 2 N–H and O–H groups in total. The van der Waals surface area contributed by atoms with Crippen LogP contribution in [0.5, 0.6) is 11.5 Å². The van der Waals surface area contributed by atoms with Crippen molar-refractivity contribution in [3.8, 4) is 11.5 Å². The summed E-state index contributed by atoms with van der Waals surface area (Å²) in [5.74, 6) is 1.77. The van der Waals surface area contributed by atoms with Crippen LogP contribution in [0.2, 0.25) is 0 Å². The van der Waals surface area contributed by atoms with E-state index in [9.17, 15) is 4.79 Å². The van der Waals surface area contributed by atoms with Gasteiger partial charge in [-0.05, 0) is 43.4 Å². The lowest BCUT2D eigenvalue weighted by Gasteiger charge is -2.25. The molecule has 0 spiro atoms. The maximum Gasteiger partial charge on any atom is 0.225 e. The number of carbonyl (C=O) groups excluding carboxylic acids is 1. The van der Waals surface area contributed by atoms with Gasteiger partial charge in [-0.2, -0.15) is 0 Å². The Balaban J connectivity index is 1.62. The number of benzene rings is 1. The average Bonchev–Trinajstić information content (AvgIpc) is 2.96. The largest absolute Gasteiger partial charge is 0.493 e. The zero-order chi connectivity index (χ0) is 15.4. The monoisotopic (exact) mass is 304 g/mol. The Morgan fingerprint density at radius 3 is 2.68 bits per heavy atom. The fraction of sp³-hybridized carbons (Fsp3) is 0.588. The molecule has 0 radical (unpaired) electrons. The van der Waals surface area contributed by atoms with Crippen molar-refractivity contribution in [2.75, 3.05) is 20.2 Å². The number of nitrogens with one attached hydrogen (secondary N) is 2. The number of hydrogen-bond acceptors (Lipinski definition) is 4. The normalized spacial score (nSPS) is 18.8. The Kier molecular flexibility index (Phi) is 4.83. The van der Waals surface area contributed by atoms with E-state index in [-0.39, 0.29) is 11.8 Å². The molecular weight excluding hydrogens is 280 g/mol. The van der Waals surface area contributed by atoms with E-state index >= 15 is 0 Å². The van der Waals surface area contributed by atoms with E-state index < -0.39 is 0 Å². The van der Waals surface area contributed by atoms with Crippen molar-refractivity contribution >= 4 is 5.91 Å². The summed E-state index contributed by atoms with van der Waals surface area (Å²) in [5.41, 5.74) is 1.04. The summed E-state index contributed by atoms with van der Waals surface area (Å²) in [7, 11) is 1.65. The van der Waals surface area contributed by atoms with Crippen LogP contribution >= 0.6 is 0 Å². The number of hydrogen-bond donors (Lipinski definition) is 2. The number of carbonyl (C=O) groups is 1. The summed E-state index contributed by atoms with van der Waals surface area (Å²) < 4.78 is 11.5. The van der Waals surface area contributed by atoms with Gasteiger partial charge in [0.2, 0.25) is 5.91 Å². The molecule has 1 aliphatic heterocycles. The molecule has 120 valence electrons. The highest BCUT2D eigenvalue weighted by molar-refractivity contribution is 5.80. The van der Waals surface area contributed by atoms with E-state index in [1.165, 1.54) is 12.8 Å². The third-order valence-corrected chi connectivity index (χ3v) is 4.44. The first kappa shape index (κ1) is 15.2. The molecule has 5 nitrogen and oxygen atoms in total. The zero-order valence-corrected chi connectivity index (χ0v) is 13.1. The molecule has 2 fully saturated rings. The van der Waals surface area contributed by atoms with E-state index in [2.05, 4.69) is 10.6 Å². The molecular formula is C17H24N2O3. The second-order valence-corrected chi connectivity index (χ2v) is 6.08. The van der Waals surface area contributed by atoms with Crippen molar-refractivity contribution in [3.63, 3.8) is 0 Å². The second kappa shape index (κ2) is 7.01. The van der Waals surface area contributed by atoms with Gasteiger partial charge in [-0.15, -0.1) is 0 Å². The van der Waals surface area contributed by atoms with Gasteiger partial charge in [0.25, 0.3) is 0 Å². The van der Waals surface area contributed by atoms with Crippen LogP contribution in [-0.2, 0) is 11.3 Å². The quantitative estimate of drug-likeness (QED) is 0.842. The topological polar surface area (TPSA) is 59.6 Å². The Morgan fingerprint density at radius 1 is 1.27 bits per heavy atom. The van der Waals surface area contributed by atoms with Gasteiger partial charge >= 0.3 is 0 Å². The van der Waals surface area contributed by atoms with Crippen LogP contribution in [0.15, 0.2) is 18.2 Å². The molecule has 0 unspecified atom stereocenters. The van der Waals surface area contributed by atoms with Crippen LogP contribution < -0.4 is 20.1 Å². The molecule has 5 heteroatoms. The van der Waals surface area contributed by atoms with Crippen LogP contribution in [0.25, 0.3) is 0 Å². The van der Waals surface area contributed by atoms with E-state index in [0.717, 1.165) is 43.0 Å². The predicted molar refractivity (Wildman–Crippen MR) is 84.1 cm³/mol. The fourth-order valence-corrected chi connectivity index (χ4v) is 2.92.